The molecule has 3 aromatic rings. The van der Waals surface area contributed by atoms with Crippen molar-refractivity contribution in [1.29, 1.82) is 0 Å². The molecule has 0 saturated carbocycles. The third-order valence-electron chi connectivity index (χ3n) is 5.04. The first-order chi connectivity index (χ1) is 13.5. The van der Waals surface area contributed by atoms with E-state index in [4.69, 9.17) is 23.8 Å². The largest absolute Gasteiger partial charge is 0.342 e. The van der Waals surface area contributed by atoms with Crippen molar-refractivity contribution >= 4 is 51.8 Å². The van der Waals surface area contributed by atoms with E-state index >= 15 is 0 Å². The number of halogens is 1. The van der Waals surface area contributed by atoms with Crippen molar-refractivity contribution in [2.45, 2.75) is 19.9 Å². The van der Waals surface area contributed by atoms with E-state index in [9.17, 15) is 4.79 Å². The van der Waals surface area contributed by atoms with E-state index in [1.54, 1.807) is 7.05 Å². The van der Waals surface area contributed by atoms with Crippen molar-refractivity contribution in [3.8, 4) is 0 Å². The van der Waals surface area contributed by atoms with Gasteiger partial charge in [0.05, 0.1) is 5.52 Å². The van der Waals surface area contributed by atoms with Crippen LogP contribution in [0.1, 0.15) is 23.6 Å². The zero-order valence-electron chi connectivity index (χ0n) is 15.7. The van der Waals surface area contributed by atoms with Gasteiger partial charge in [-0.05, 0) is 48.0 Å². The number of likely N-dealkylation sites (N-methyl/N-ethyl adjacent to an activating group) is 1. The molecule has 1 aromatic heterocycles. The highest BCUT2D eigenvalue weighted by Crippen LogP contribution is 2.28. The van der Waals surface area contributed by atoms with Crippen LogP contribution in [0.5, 0.6) is 0 Å². The van der Waals surface area contributed by atoms with Crippen molar-refractivity contribution in [3.63, 3.8) is 0 Å². The number of nitrogens with one attached hydrogen (secondary N) is 1. The second kappa shape index (κ2) is 7.41. The summed E-state index contributed by atoms with van der Waals surface area (Å²) in [6.45, 7) is 2.88. The molecule has 4 rings (SSSR count). The summed E-state index contributed by atoms with van der Waals surface area (Å²) in [6, 6.07) is 14.2. The second-order valence-electron chi connectivity index (χ2n) is 6.86. The van der Waals surface area contributed by atoms with Gasteiger partial charge in [-0.3, -0.25) is 9.69 Å². The molecule has 1 aliphatic rings. The Balaban J connectivity index is 1.83. The Morgan fingerprint density at radius 3 is 2.57 bits per heavy atom. The Hall–Kier alpha value is -2.63. The third-order valence-corrected chi connectivity index (χ3v) is 5.67. The lowest BCUT2D eigenvalue weighted by Gasteiger charge is -2.09. The zero-order chi connectivity index (χ0) is 19.8. The molecular weight excluding hydrogens is 390 g/mol. The summed E-state index contributed by atoms with van der Waals surface area (Å²) < 4.78 is 2.24. The van der Waals surface area contributed by atoms with Crippen LogP contribution in [0.25, 0.3) is 17.0 Å². The summed E-state index contributed by atoms with van der Waals surface area (Å²) in [7, 11) is 1.68. The number of aromatic nitrogens is 1. The molecule has 1 saturated heterocycles. The van der Waals surface area contributed by atoms with Crippen molar-refractivity contribution in [2.24, 2.45) is 0 Å². The van der Waals surface area contributed by atoms with Crippen molar-refractivity contribution in [2.75, 3.05) is 7.05 Å². The summed E-state index contributed by atoms with van der Waals surface area (Å²) >= 11 is 11.2. The lowest BCUT2D eigenvalue weighted by atomic mass is 10.1. The van der Waals surface area contributed by atoms with Crippen LogP contribution in [-0.2, 0) is 17.8 Å². The number of carbonyl (C=O) groups excluding carboxylic acids is 1. The Labute approximate surface area is 174 Å². The van der Waals surface area contributed by atoms with E-state index in [2.05, 4.69) is 41.2 Å². The van der Waals surface area contributed by atoms with Crippen LogP contribution >= 0.6 is 23.8 Å². The maximum absolute atomic E-state index is 12.4. The monoisotopic (exact) mass is 409 g/mol. The molecule has 0 radical (unpaired) electrons. The highest BCUT2D eigenvalue weighted by Gasteiger charge is 2.27. The van der Waals surface area contributed by atoms with Crippen molar-refractivity contribution in [1.82, 2.24) is 14.8 Å². The van der Waals surface area contributed by atoms with Crippen LogP contribution in [0.2, 0.25) is 5.02 Å². The van der Waals surface area contributed by atoms with E-state index < -0.39 is 0 Å². The minimum atomic E-state index is -0.116. The van der Waals surface area contributed by atoms with Crippen LogP contribution in [0, 0.1) is 0 Å². The fourth-order valence-corrected chi connectivity index (χ4v) is 3.87. The maximum atomic E-state index is 12.4. The van der Waals surface area contributed by atoms with Crippen molar-refractivity contribution in [3.05, 3.63) is 76.1 Å². The topological polar surface area (TPSA) is 37.3 Å². The number of benzene rings is 2. The molecule has 2 aromatic carbocycles. The van der Waals surface area contributed by atoms with Crippen molar-refractivity contribution < 1.29 is 4.79 Å². The standard InChI is InChI=1S/C22H20ClN3OS/c1-3-15-5-4-6-18-16(11-19-21(27)25(2)22(28)24-19)13-26(20(15)18)12-14-7-9-17(23)10-8-14/h4-11,13H,3,12H2,1-2H3,(H,24,28)/b19-11+. The molecule has 1 aliphatic heterocycles. The van der Waals surface area contributed by atoms with Gasteiger partial charge < -0.3 is 9.88 Å². The van der Waals surface area contributed by atoms with Gasteiger partial charge in [-0.1, -0.05) is 48.9 Å². The molecular formula is C22H20ClN3OS. The molecule has 1 fully saturated rings. The minimum absolute atomic E-state index is 0.116. The fourth-order valence-electron chi connectivity index (χ4n) is 3.56. The normalized spacial score (nSPS) is 15.7. The predicted molar refractivity (Wildman–Crippen MR) is 118 cm³/mol. The fraction of sp³-hybridized carbons (Fsp3) is 0.182. The van der Waals surface area contributed by atoms with Gasteiger partial charge in [-0.15, -0.1) is 0 Å². The first-order valence-electron chi connectivity index (χ1n) is 9.14. The number of fused-ring (bicyclic) bond motifs is 1. The summed E-state index contributed by atoms with van der Waals surface area (Å²) in [5.41, 5.74) is 5.12. The Kier molecular flexibility index (Phi) is 4.96. The smallest absolute Gasteiger partial charge is 0.276 e. The van der Waals surface area contributed by atoms with Gasteiger partial charge in [0.25, 0.3) is 5.91 Å². The quantitative estimate of drug-likeness (QED) is 0.505. The minimum Gasteiger partial charge on any atom is -0.342 e. The van der Waals surface area contributed by atoms with E-state index in [0.29, 0.717) is 10.8 Å². The second-order valence-corrected chi connectivity index (χ2v) is 7.68. The molecule has 28 heavy (non-hydrogen) atoms. The van der Waals surface area contributed by atoms with Crippen LogP contribution in [0.3, 0.4) is 0 Å². The number of hydrogen-bond acceptors (Lipinski definition) is 2. The molecule has 142 valence electrons. The number of thiocarbonyl (C=S) groups is 1. The van der Waals surface area contributed by atoms with E-state index in [1.807, 2.05) is 30.3 Å². The van der Waals surface area contributed by atoms with Gasteiger partial charge in [0.2, 0.25) is 0 Å². The summed E-state index contributed by atoms with van der Waals surface area (Å²) in [4.78, 5) is 13.8. The Morgan fingerprint density at radius 1 is 1.18 bits per heavy atom. The number of carbonyl (C=O) groups is 1. The first kappa shape index (κ1) is 18.7. The molecule has 6 heteroatoms. The summed E-state index contributed by atoms with van der Waals surface area (Å²) in [5, 5.41) is 5.28. The molecule has 0 spiro atoms. The lowest BCUT2D eigenvalue weighted by Crippen LogP contribution is -2.25. The highest BCUT2D eigenvalue weighted by atomic mass is 35.5. The SMILES string of the molecule is CCc1cccc2c(/C=C3/NC(=S)N(C)C3=O)cn(Cc3ccc(Cl)cc3)c12. The van der Waals surface area contributed by atoms with E-state index in [-0.39, 0.29) is 5.91 Å². The van der Waals surface area contributed by atoms with Crippen LogP contribution in [0.15, 0.2) is 54.4 Å². The van der Waals surface area contributed by atoms with Crippen LogP contribution < -0.4 is 5.32 Å². The molecule has 0 aliphatic carbocycles. The van der Waals surface area contributed by atoms with Gasteiger partial charge in [0.1, 0.15) is 5.70 Å². The van der Waals surface area contributed by atoms with E-state index in [0.717, 1.165) is 28.9 Å². The van der Waals surface area contributed by atoms with Crippen LogP contribution in [0.4, 0.5) is 0 Å². The molecule has 1 N–H and O–H groups in total. The molecule has 1 amide bonds. The number of hydrogen-bond donors (Lipinski definition) is 1. The Bertz CT molecular complexity index is 1110. The molecule has 2 heterocycles. The number of para-hydroxylation sites is 1. The van der Waals surface area contributed by atoms with E-state index in [1.165, 1.54) is 21.5 Å². The third kappa shape index (κ3) is 3.32. The summed E-state index contributed by atoms with van der Waals surface area (Å²) in [6.07, 6.45) is 4.92. The average molecular weight is 410 g/mol. The zero-order valence-corrected chi connectivity index (χ0v) is 17.3. The van der Waals surface area contributed by atoms with Gasteiger partial charge >= 0.3 is 0 Å². The highest BCUT2D eigenvalue weighted by molar-refractivity contribution is 7.80. The molecule has 4 nitrogen and oxygen atoms in total. The number of aryl methyl sites for hydroxylation is 1. The number of nitrogens with zero attached hydrogens (tertiary/aromatic N) is 2. The number of amides is 1. The van der Waals surface area contributed by atoms with Gasteiger partial charge in [-0.25, -0.2) is 0 Å². The maximum Gasteiger partial charge on any atom is 0.276 e. The molecule has 0 bridgehead atoms. The predicted octanol–water partition coefficient (Wildman–Crippen LogP) is 4.59. The van der Waals surface area contributed by atoms with Gasteiger partial charge in [0.15, 0.2) is 5.11 Å². The van der Waals surface area contributed by atoms with Gasteiger partial charge in [-0.2, -0.15) is 0 Å². The summed E-state index contributed by atoms with van der Waals surface area (Å²) in [5.74, 6) is -0.116. The lowest BCUT2D eigenvalue weighted by molar-refractivity contribution is -0.121. The van der Waals surface area contributed by atoms with Gasteiger partial charge in [0, 0.05) is 35.8 Å². The molecule has 0 unspecified atom stereocenters. The molecule has 0 atom stereocenters. The van der Waals surface area contributed by atoms with Crippen LogP contribution in [-0.4, -0.2) is 27.5 Å². The Morgan fingerprint density at radius 2 is 1.93 bits per heavy atom. The first-order valence-corrected chi connectivity index (χ1v) is 9.92. The average Bonchev–Trinajstić information content (AvgIpc) is 3.16. The number of rotatable bonds is 4.